The molecule has 1 aromatic rings. The Labute approximate surface area is 94.0 Å². The van der Waals surface area contributed by atoms with Crippen molar-refractivity contribution < 1.29 is 13.5 Å². The molecule has 0 aliphatic heterocycles. The first-order valence-corrected chi connectivity index (χ1v) is 6.87. The Balaban J connectivity index is 3.01. The number of thiophene rings is 1. The third-order valence-corrected chi connectivity index (χ3v) is 4.73. The number of hydrogen-bond acceptors (Lipinski definition) is 4. The van der Waals surface area contributed by atoms with E-state index in [1.807, 2.05) is 6.92 Å². The highest BCUT2D eigenvalue weighted by Crippen LogP contribution is 2.24. The number of aryl methyl sites for hydroxylation is 2. The van der Waals surface area contributed by atoms with Crippen molar-refractivity contribution in [2.75, 3.05) is 6.61 Å². The lowest BCUT2D eigenvalue weighted by atomic mass is 10.4. The number of aliphatic hydroxyl groups excluding tert-OH is 1. The van der Waals surface area contributed by atoms with Crippen LogP contribution in [-0.4, -0.2) is 26.2 Å². The number of sulfonamides is 1. The van der Waals surface area contributed by atoms with Crippen molar-refractivity contribution in [2.45, 2.75) is 31.7 Å². The van der Waals surface area contributed by atoms with Crippen LogP contribution in [0.25, 0.3) is 0 Å². The summed E-state index contributed by atoms with van der Waals surface area (Å²) in [5.74, 6) is 0. The summed E-state index contributed by atoms with van der Waals surface area (Å²) in [6.07, 6.45) is 0. The van der Waals surface area contributed by atoms with Crippen LogP contribution in [0.5, 0.6) is 0 Å². The molecule has 6 heteroatoms. The van der Waals surface area contributed by atoms with Gasteiger partial charge in [0.1, 0.15) is 0 Å². The van der Waals surface area contributed by atoms with Gasteiger partial charge in [-0.05, 0) is 26.8 Å². The van der Waals surface area contributed by atoms with Crippen LogP contribution in [-0.2, 0) is 10.0 Å². The summed E-state index contributed by atoms with van der Waals surface area (Å²) in [5.41, 5.74) is 0. The van der Waals surface area contributed by atoms with Gasteiger partial charge >= 0.3 is 0 Å². The molecule has 0 saturated heterocycles. The van der Waals surface area contributed by atoms with E-state index in [-0.39, 0.29) is 6.61 Å². The van der Waals surface area contributed by atoms with E-state index < -0.39 is 16.1 Å². The summed E-state index contributed by atoms with van der Waals surface area (Å²) in [7, 11) is -3.48. The minimum atomic E-state index is -3.48. The van der Waals surface area contributed by atoms with Gasteiger partial charge in [-0.15, -0.1) is 11.3 Å². The molecule has 0 unspecified atom stereocenters. The van der Waals surface area contributed by atoms with Crippen LogP contribution in [0.15, 0.2) is 11.0 Å². The van der Waals surface area contributed by atoms with E-state index in [2.05, 4.69) is 4.72 Å². The fraction of sp³-hybridized carbons (Fsp3) is 0.556. The zero-order chi connectivity index (χ0) is 11.6. The molecule has 0 fully saturated rings. The van der Waals surface area contributed by atoms with Crippen LogP contribution in [0.3, 0.4) is 0 Å². The zero-order valence-corrected chi connectivity index (χ0v) is 10.6. The van der Waals surface area contributed by atoms with Gasteiger partial charge in [0.05, 0.1) is 11.5 Å². The maximum atomic E-state index is 11.8. The van der Waals surface area contributed by atoms with E-state index in [9.17, 15) is 8.42 Å². The molecule has 0 amide bonds. The van der Waals surface area contributed by atoms with E-state index in [4.69, 9.17) is 5.11 Å². The average molecular weight is 249 g/mol. The third kappa shape index (κ3) is 3.01. The van der Waals surface area contributed by atoms with Crippen LogP contribution in [0.4, 0.5) is 0 Å². The molecule has 0 spiro atoms. The van der Waals surface area contributed by atoms with Crippen LogP contribution >= 0.6 is 11.3 Å². The van der Waals surface area contributed by atoms with Crippen LogP contribution in [0.2, 0.25) is 0 Å². The molecule has 0 aliphatic carbocycles. The van der Waals surface area contributed by atoms with Crippen LogP contribution in [0, 0.1) is 13.8 Å². The minimum Gasteiger partial charge on any atom is -0.395 e. The molecule has 15 heavy (non-hydrogen) atoms. The summed E-state index contributed by atoms with van der Waals surface area (Å²) in [5, 5.41) is 8.80. The lowest BCUT2D eigenvalue weighted by Crippen LogP contribution is -2.35. The molecule has 0 aromatic carbocycles. The van der Waals surface area contributed by atoms with Gasteiger partial charge < -0.3 is 5.11 Å². The van der Waals surface area contributed by atoms with Gasteiger partial charge in [-0.3, -0.25) is 0 Å². The Kier molecular flexibility index (Phi) is 3.88. The van der Waals surface area contributed by atoms with Crippen molar-refractivity contribution in [1.29, 1.82) is 0 Å². The maximum absolute atomic E-state index is 11.8. The van der Waals surface area contributed by atoms with Crippen molar-refractivity contribution in [1.82, 2.24) is 4.72 Å². The van der Waals surface area contributed by atoms with Gasteiger partial charge in [0.15, 0.2) is 0 Å². The van der Waals surface area contributed by atoms with E-state index in [0.29, 0.717) is 4.90 Å². The van der Waals surface area contributed by atoms with E-state index in [0.717, 1.165) is 9.75 Å². The second kappa shape index (κ2) is 4.61. The lowest BCUT2D eigenvalue weighted by Gasteiger charge is -2.10. The Morgan fingerprint density at radius 1 is 1.53 bits per heavy atom. The number of rotatable bonds is 4. The Hall–Kier alpha value is -0.430. The molecule has 1 atom stereocenters. The Morgan fingerprint density at radius 2 is 2.13 bits per heavy atom. The van der Waals surface area contributed by atoms with Crippen molar-refractivity contribution in [3.8, 4) is 0 Å². The highest BCUT2D eigenvalue weighted by atomic mass is 32.2. The number of nitrogens with one attached hydrogen (secondary N) is 1. The summed E-state index contributed by atoms with van der Waals surface area (Å²) >= 11 is 1.45. The summed E-state index contributed by atoms with van der Waals surface area (Å²) < 4.78 is 26.0. The summed E-state index contributed by atoms with van der Waals surface area (Å²) in [4.78, 5) is 2.04. The molecule has 0 saturated carbocycles. The predicted molar refractivity (Wildman–Crippen MR) is 60.7 cm³/mol. The van der Waals surface area contributed by atoms with Crippen LogP contribution < -0.4 is 4.72 Å². The topological polar surface area (TPSA) is 66.4 Å². The van der Waals surface area contributed by atoms with E-state index in [1.54, 1.807) is 19.9 Å². The lowest BCUT2D eigenvalue weighted by molar-refractivity contribution is 0.265. The van der Waals surface area contributed by atoms with Gasteiger partial charge in [0.25, 0.3) is 0 Å². The fourth-order valence-electron chi connectivity index (χ4n) is 1.24. The molecule has 4 nitrogen and oxygen atoms in total. The van der Waals surface area contributed by atoms with Crippen molar-refractivity contribution in [2.24, 2.45) is 0 Å². The van der Waals surface area contributed by atoms with Gasteiger partial charge in [-0.25, -0.2) is 13.1 Å². The molecule has 86 valence electrons. The number of aliphatic hydroxyl groups is 1. The molecule has 0 aliphatic rings. The second-order valence-electron chi connectivity index (χ2n) is 3.48. The second-order valence-corrected chi connectivity index (χ2v) is 6.63. The number of hydrogen-bond donors (Lipinski definition) is 2. The third-order valence-electron chi connectivity index (χ3n) is 1.92. The highest BCUT2D eigenvalue weighted by molar-refractivity contribution is 7.89. The first kappa shape index (κ1) is 12.6. The highest BCUT2D eigenvalue weighted by Gasteiger charge is 2.20. The van der Waals surface area contributed by atoms with Gasteiger partial charge in [-0.2, -0.15) is 0 Å². The molecule has 0 radical (unpaired) electrons. The SMILES string of the molecule is Cc1cc(S(=O)(=O)N[C@@H](C)CO)c(C)s1. The first-order chi connectivity index (χ1) is 6.86. The van der Waals surface area contributed by atoms with E-state index in [1.165, 1.54) is 11.3 Å². The average Bonchev–Trinajstić information content (AvgIpc) is 2.45. The Morgan fingerprint density at radius 3 is 2.53 bits per heavy atom. The molecule has 1 heterocycles. The normalized spacial score (nSPS) is 14.1. The maximum Gasteiger partial charge on any atom is 0.241 e. The smallest absolute Gasteiger partial charge is 0.241 e. The molecule has 2 N–H and O–H groups in total. The Bertz CT molecular complexity index is 436. The van der Waals surface area contributed by atoms with Crippen molar-refractivity contribution in [3.63, 3.8) is 0 Å². The zero-order valence-electron chi connectivity index (χ0n) is 8.94. The van der Waals surface area contributed by atoms with E-state index >= 15 is 0 Å². The largest absolute Gasteiger partial charge is 0.395 e. The quantitative estimate of drug-likeness (QED) is 0.837. The minimum absolute atomic E-state index is 0.207. The van der Waals surface area contributed by atoms with Gasteiger partial charge in [0.2, 0.25) is 10.0 Å². The predicted octanol–water partition coefficient (Wildman–Crippen LogP) is 1.02. The molecule has 1 aromatic heterocycles. The van der Waals surface area contributed by atoms with Crippen LogP contribution in [0.1, 0.15) is 16.7 Å². The molecular weight excluding hydrogens is 234 g/mol. The van der Waals surface area contributed by atoms with Gasteiger partial charge in [0, 0.05) is 15.8 Å². The standard InChI is InChI=1S/C9H15NO3S2/c1-6(5-11)10-15(12,13)9-4-7(2)14-8(9)3/h4,6,10-11H,5H2,1-3H3/t6-/m0/s1. The first-order valence-electron chi connectivity index (χ1n) is 4.57. The monoisotopic (exact) mass is 249 g/mol. The molecule has 1 rings (SSSR count). The van der Waals surface area contributed by atoms with Crippen molar-refractivity contribution >= 4 is 21.4 Å². The van der Waals surface area contributed by atoms with Crippen molar-refractivity contribution in [3.05, 3.63) is 15.8 Å². The molecular formula is C9H15NO3S2. The fourth-order valence-corrected chi connectivity index (χ4v) is 4.03. The summed E-state index contributed by atoms with van der Waals surface area (Å²) in [6, 6.07) is 1.18. The summed E-state index contributed by atoms with van der Waals surface area (Å²) in [6.45, 7) is 5.05. The van der Waals surface area contributed by atoms with Gasteiger partial charge in [-0.1, -0.05) is 0 Å². The molecule has 0 bridgehead atoms.